The average molecular weight is 313 g/mol. The maximum Gasteiger partial charge on any atom is 0.416 e. The van der Waals surface area contributed by atoms with Crippen LogP contribution in [0.25, 0.3) is 27.9 Å². The Morgan fingerprint density at radius 3 is 2.52 bits per heavy atom. The molecule has 23 heavy (non-hydrogen) atoms. The summed E-state index contributed by atoms with van der Waals surface area (Å²) in [7, 11) is 0. The summed E-state index contributed by atoms with van der Waals surface area (Å²) in [5.74, 6) is 0. The molecule has 2 aromatic carbocycles. The molecule has 2 heterocycles. The summed E-state index contributed by atoms with van der Waals surface area (Å²) in [6.07, 6.45) is -4.37. The van der Waals surface area contributed by atoms with Crippen LogP contribution < -0.4 is 0 Å². The van der Waals surface area contributed by atoms with Gasteiger partial charge >= 0.3 is 6.18 Å². The zero-order valence-electron chi connectivity index (χ0n) is 11.7. The van der Waals surface area contributed by atoms with Gasteiger partial charge in [-0.2, -0.15) is 18.3 Å². The highest BCUT2D eigenvalue weighted by atomic mass is 19.4. The number of benzene rings is 2. The first kappa shape index (κ1) is 13.8. The summed E-state index contributed by atoms with van der Waals surface area (Å²) in [6, 6.07) is 16.1. The van der Waals surface area contributed by atoms with E-state index in [-0.39, 0.29) is 0 Å². The smallest absolute Gasteiger partial charge is 0.227 e. The van der Waals surface area contributed by atoms with E-state index >= 15 is 0 Å². The zero-order chi connectivity index (χ0) is 16.0. The molecule has 0 saturated heterocycles. The first-order chi connectivity index (χ1) is 11.0. The molecule has 2 aromatic heterocycles. The van der Waals surface area contributed by atoms with Crippen LogP contribution in [0, 0.1) is 0 Å². The Morgan fingerprint density at radius 2 is 1.70 bits per heavy atom. The van der Waals surface area contributed by atoms with E-state index in [1.807, 2.05) is 24.3 Å². The molecule has 0 aliphatic heterocycles. The first-order valence-corrected chi connectivity index (χ1v) is 6.94. The molecule has 0 radical (unpaired) electrons. The van der Waals surface area contributed by atoms with Gasteiger partial charge in [-0.05, 0) is 36.4 Å². The number of nitrogens with zero attached hydrogens (tertiary/aromatic N) is 3. The van der Waals surface area contributed by atoms with Gasteiger partial charge in [0.15, 0.2) is 5.65 Å². The van der Waals surface area contributed by atoms with Crippen LogP contribution in [0.15, 0.2) is 60.7 Å². The van der Waals surface area contributed by atoms with Crippen LogP contribution in [0.3, 0.4) is 0 Å². The average Bonchev–Trinajstić information content (AvgIpc) is 2.92. The molecule has 0 fully saturated rings. The summed E-state index contributed by atoms with van der Waals surface area (Å²) < 4.78 is 40.2. The van der Waals surface area contributed by atoms with Crippen molar-refractivity contribution in [2.45, 2.75) is 6.18 Å². The van der Waals surface area contributed by atoms with Crippen molar-refractivity contribution >= 4 is 16.7 Å². The number of para-hydroxylation sites is 2. The van der Waals surface area contributed by atoms with Gasteiger partial charge < -0.3 is 0 Å². The Bertz CT molecular complexity index is 1020. The van der Waals surface area contributed by atoms with Crippen molar-refractivity contribution < 1.29 is 13.2 Å². The highest BCUT2D eigenvalue weighted by Crippen LogP contribution is 2.31. The fourth-order valence-corrected chi connectivity index (χ4v) is 2.55. The topological polar surface area (TPSA) is 30.2 Å². The number of hydrogen-bond donors (Lipinski definition) is 0. The molecule has 0 amide bonds. The summed E-state index contributed by atoms with van der Waals surface area (Å²) in [5, 5.41) is 4.44. The zero-order valence-corrected chi connectivity index (χ0v) is 11.7. The van der Waals surface area contributed by atoms with E-state index in [1.165, 1.54) is 6.07 Å². The van der Waals surface area contributed by atoms with Crippen molar-refractivity contribution in [3.8, 4) is 11.3 Å². The summed E-state index contributed by atoms with van der Waals surface area (Å²) in [5.41, 5.74) is 2.46. The number of fused-ring (bicyclic) bond motifs is 3. The number of alkyl halides is 3. The predicted octanol–water partition coefficient (Wildman–Crippen LogP) is 4.57. The van der Waals surface area contributed by atoms with Gasteiger partial charge in [-0.1, -0.05) is 24.3 Å². The second-order valence-electron chi connectivity index (χ2n) is 5.17. The molecule has 3 nitrogen and oxygen atoms in total. The Labute approximate surface area is 129 Å². The largest absolute Gasteiger partial charge is 0.416 e. The van der Waals surface area contributed by atoms with Crippen LogP contribution in [-0.2, 0) is 6.18 Å². The molecule has 0 bridgehead atoms. The number of rotatable bonds is 1. The maximum absolute atomic E-state index is 12.9. The van der Waals surface area contributed by atoms with E-state index in [0.29, 0.717) is 16.9 Å². The number of aromatic nitrogens is 3. The highest BCUT2D eigenvalue weighted by Gasteiger charge is 2.30. The Morgan fingerprint density at radius 1 is 0.870 bits per heavy atom. The first-order valence-electron chi connectivity index (χ1n) is 6.94. The lowest BCUT2D eigenvalue weighted by Crippen LogP contribution is -2.04. The fraction of sp³-hybridized carbons (Fsp3) is 0.0588. The Hall–Kier alpha value is -2.89. The van der Waals surface area contributed by atoms with Crippen LogP contribution in [0.4, 0.5) is 13.2 Å². The molecule has 0 aliphatic carbocycles. The molecule has 0 N–H and O–H groups in total. The van der Waals surface area contributed by atoms with Crippen molar-refractivity contribution in [1.29, 1.82) is 0 Å². The fourth-order valence-electron chi connectivity index (χ4n) is 2.55. The molecule has 4 rings (SSSR count). The van der Waals surface area contributed by atoms with Crippen LogP contribution >= 0.6 is 0 Å². The third kappa shape index (κ3) is 2.32. The van der Waals surface area contributed by atoms with Gasteiger partial charge in [-0.25, -0.2) is 9.50 Å². The maximum atomic E-state index is 12.9. The van der Waals surface area contributed by atoms with Gasteiger partial charge in [0.2, 0.25) is 0 Å². The van der Waals surface area contributed by atoms with Gasteiger partial charge in [-0.15, -0.1) is 0 Å². The lowest BCUT2D eigenvalue weighted by atomic mass is 10.1. The van der Waals surface area contributed by atoms with E-state index in [2.05, 4.69) is 10.1 Å². The minimum absolute atomic E-state index is 0.416. The quantitative estimate of drug-likeness (QED) is 0.515. The Kier molecular flexibility index (Phi) is 2.87. The minimum Gasteiger partial charge on any atom is -0.227 e. The van der Waals surface area contributed by atoms with Crippen LogP contribution in [0.1, 0.15) is 5.56 Å². The standard InChI is InChI=1S/C17H10F3N3/c18-17(19,20)12-5-3-4-11(10-12)13-8-9-16-21-14-6-1-2-7-15(14)23(16)22-13/h1-10H. The predicted molar refractivity (Wildman–Crippen MR) is 80.9 cm³/mol. The van der Waals surface area contributed by atoms with Crippen LogP contribution in [0.5, 0.6) is 0 Å². The molecular formula is C17H10F3N3. The molecule has 0 unspecified atom stereocenters. The number of imidazole rings is 1. The molecule has 114 valence electrons. The van der Waals surface area contributed by atoms with Crippen molar-refractivity contribution in [1.82, 2.24) is 14.6 Å². The van der Waals surface area contributed by atoms with Gasteiger partial charge in [0, 0.05) is 5.56 Å². The second kappa shape index (κ2) is 4.81. The highest BCUT2D eigenvalue weighted by molar-refractivity contribution is 5.80. The summed E-state index contributed by atoms with van der Waals surface area (Å²) in [4.78, 5) is 4.43. The van der Waals surface area contributed by atoms with E-state index in [1.54, 1.807) is 22.7 Å². The van der Waals surface area contributed by atoms with Crippen LogP contribution in [0.2, 0.25) is 0 Å². The summed E-state index contributed by atoms with van der Waals surface area (Å²) in [6.45, 7) is 0. The SMILES string of the molecule is FC(F)(F)c1cccc(-c2ccc3nc4ccccc4n3n2)c1. The van der Waals surface area contributed by atoms with Crippen molar-refractivity contribution in [2.24, 2.45) is 0 Å². The molecule has 6 heteroatoms. The Balaban J connectivity index is 1.91. The van der Waals surface area contributed by atoms with Gasteiger partial charge in [-0.3, -0.25) is 0 Å². The molecule has 4 aromatic rings. The van der Waals surface area contributed by atoms with Crippen molar-refractivity contribution in [3.63, 3.8) is 0 Å². The molecule has 0 saturated carbocycles. The minimum atomic E-state index is -4.37. The third-order valence-electron chi connectivity index (χ3n) is 3.65. The van der Waals surface area contributed by atoms with Crippen molar-refractivity contribution in [3.05, 3.63) is 66.2 Å². The molecule has 0 spiro atoms. The number of halogens is 3. The van der Waals surface area contributed by atoms with Crippen LogP contribution in [-0.4, -0.2) is 14.6 Å². The molecular weight excluding hydrogens is 303 g/mol. The van der Waals surface area contributed by atoms with E-state index in [9.17, 15) is 13.2 Å². The van der Waals surface area contributed by atoms with E-state index in [4.69, 9.17) is 0 Å². The van der Waals surface area contributed by atoms with Gasteiger partial charge in [0.1, 0.15) is 0 Å². The lowest BCUT2D eigenvalue weighted by molar-refractivity contribution is -0.137. The molecule has 0 aliphatic rings. The van der Waals surface area contributed by atoms with Crippen molar-refractivity contribution in [2.75, 3.05) is 0 Å². The third-order valence-corrected chi connectivity index (χ3v) is 3.65. The van der Waals surface area contributed by atoms with E-state index in [0.717, 1.165) is 23.2 Å². The van der Waals surface area contributed by atoms with Gasteiger partial charge in [0.25, 0.3) is 0 Å². The van der Waals surface area contributed by atoms with E-state index < -0.39 is 11.7 Å². The second-order valence-corrected chi connectivity index (χ2v) is 5.17. The normalized spacial score (nSPS) is 12.1. The summed E-state index contributed by atoms with van der Waals surface area (Å²) >= 11 is 0. The molecule has 0 atom stereocenters. The van der Waals surface area contributed by atoms with Gasteiger partial charge in [0.05, 0.1) is 22.3 Å². The number of hydrogen-bond acceptors (Lipinski definition) is 2. The lowest BCUT2D eigenvalue weighted by Gasteiger charge is -2.08. The monoisotopic (exact) mass is 313 g/mol.